The maximum absolute atomic E-state index is 6.21. The maximum atomic E-state index is 6.21. The smallest absolute Gasteiger partial charge is 0.374 e. The summed E-state index contributed by atoms with van der Waals surface area (Å²) in [5.74, 6) is 0. The fourth-order valence-corrected chi connectivity index (χ4v) is 6.98. The number of nitrogens with zero attached hydrogens (tertiary/aromatic N) is 1. The second-order valence-electron chi connectivity index (χ2n) is 10.3. The zero-order valence-electron chi connectivity index (χ0n) is 24.7. The van der Waals surface area contributed by atoms with Crippen LogP contribution >= 0.6 is 0 Å². The molecule has 5 nitrogen and oxygen atoms in total. The molecular weight excluding hydrogens is 454 g/mol. The molecule has 0 bridgehead atoms. The van der Waals surface area contributed by atoms with Crippen LogP contribution in [0.3, 0.4) is 0 Å². The third-order valence-electron chi connectivity index (χ3n) is 6.49. The van der Waals surface area contributed by atoms with Crippen LogP contribution in [0.4, 0.5) is 0 Å². The molecule has 0 saturated heterocycles. The van der Waals surface area contributed by atoms with Gasteiger partial charge in [-0.2, -0.15) is 9.48 Å². The van der Waals surface area contributed by atoms with Crippen molar-refractivity contribution in [2.45, 2.75) is 136 Å². The standard InChI is InChI=1S/C29H62NO4Si/c1-8-12-13-14-15-16-17-18-19-20-21-22-23-24-25-26-27-30(6,7)31-28-29(5)35(32-9-2,33-10-3)34-11-4/h26-27,29H,8-25,28H2,1-7H3/q+1. The van der Waals surface area contributed by atoms with Gasteiger partial charge >= 0.3 is 8.80 Å². The topological polar surface area (TPSA) is 36.9 Å². The van der Waals surface area contributed by atoms with Gasteiger partial charge in [0.05, 0.1) is 5.54 Å². The minimum atomic E-state index is -2.73. The van der Waals surface area contributed by atoms with Crippen molar-refractivity contribution >= 4 is 8.80 Å². The second kappa shape index (κ2) is 22.9. The molecule has 35 heavy (non-hydrogen) atoms. The zero-order valence-corrected chi connectivity index (χ0v) is 25.7. The molecular formula is C29H62NO4Si+. The molecule has 0 aromatic rings. The highest BCUT2D eigenvalue weighted by Gasteiger charge is 2.47. The first kappa shape index (κ1) is 34.8. The van der Waals surface area contributed by atoms with Gasteiger partial charge in [0.1, 0.15) is 26.9 Å². The van der Waals surface area contributed by atoms with Crippen molar-refractivity contribution in [3.8, 4) is 0 Å². The van der Waals surface area contributed by atoms with E-state index in [1.54, 1.807) is 0 Å². The molecule has 0 fully saturated rings. The number of hydrogen-bond donors (Lipinski definition) is 0. The minimum absolute atomic E-state index is 0.0824. The Morgan fingerprint density at radius 3 is 1.43 bits per heavy atom. The van der Waals surface area contributed by atoms with Crippen LogP contribution in [0, 0.1) is 0 Å². The fraction of sp³-hybridized carbons (Fsp3) is 0.931. The molecule has 0 saturated carbocycles. The Morgan fingerprint density at radius 2 is 1.03 bits per heavy atom. The van der Waals surface area contributed by atoms with E-state index in [9.17, 15) is 0 Å². The lowest BCUT2D eigenvalue weighted by atomic mass is 10.0. The highest BCUT2D eigenvalue weighted by molar-refractivity contribution is 6.62. The van der Waals surface area contributed by atoms with Crippen LogP contribution in [0.25, 0.3) is 0 Å². The minimum Gasteiger partial charge on any atom is -0.374 e. The average molecular weight is 517 g/mol. The Morgan fingerprint density at radius 1 is 0.629 bits per heavy atom. The van der Waals surface area contributed by atoms with E-state index in [-0.39, 0.29) is 5.54 Å². The van der Waals surface area contributed by atoms with Gasteiger partial charge in [0.25, 0.3) is 0 Å². The molecule has 1 unspecified atom stereocenters. The van der Waals surface area contributed by atoms with E-state index >= 15 is 0 Å². The van der Waals surface area contributed by atoms with Gasteiger partial charge in [-0.1, -0.05) is 97.3 Å². The molecule has 0 radical (unpaired) electrons. The largest absolute Gasteiger partial charge is 0.506 e. The SMILES string of the molecule is CCCCCCCCCCCCCCCCC=C[N+](C)(C)OCC(C)[Si](OCC)(OCC)OCC. The highest BCUT2D eigenvalue weighted by Crippen LogP contribution is 2.27. The van der Waals surface area contributed by atoms with Gasteiger partial charge in [0.15, 0.2) is 0 Å². The van der Waals surface area contributed by atoms with Crippen molar-refractivity contribution in [2.75, 3.05) is 40.5 Å². The quantitative estimate of drug-likeness (QED) is 0.0498. The van der Waals surface area contributed by atoms with Crippen LogP contribution in [0.2, 0.25) is 5.54 Å². The van der Waals surface area contributed by atoms with E-state index in [0.29, 0.717) is 31.1 Å². The van der Waals surface area contributed by atoms with E-state index in [0.717, 1.165) is 6.42 Å². The first-order valence-electron chi connectivity index (χ1n) is 14.9. The van der Waals surface area contributed by atoms with Crippen LogP contribution in [-0.2, 0) is 18.1 Å². The summed E-state index contributed by atoms with van der Waals surface area (Å²) in [5, 5.41) is 0. The predicted molar refractivity (Wildman–Crippen MR) is 152 cm³/mol. The van der Waals surface area contributed by atoms with Crippen molar-refractivity contribution < 1.29 is 22.8 Å². The van der Waals surface area contributed by atoms with Crippen molar-refractivity contribution in [3.63, 3.8) is 0 Å². The molecule has 6 heteroatoms. The van der Waals surface area contributed by atoms with E-state index < -0.39 is 8.80 Å². The molecule has 0 rings (SSSR count). The van der Waals surface area contributed by atoms with Gasteiger partial charge in [-0.15, -0.1) is 0 Å². The van der Waals surface area contributed by atoms with Gasteiger partial charge in [-0.25, -0.2) is 0 Å². The van der Waals surface area contributed by atoms with Crippen LogP contribution in [0.1, 0.15) is 131 Å². The summed E-state index contributed by atoms with van der Waals surface area (Å²) in [6.45, 7) is 12.7. The Kier molecular flexibility index (Phi) is 22.8. The first-order chi connectivity index (χ1) is 16.9. The van der Waals surface area contributed by atoms with E-state index in [1.807, 2.05) is 20.8 Å². The molecule has 0 aromatic heterocycles. The van der Waals surface area contributed by atoms with Gasteiger partial charge in [-0.05, 0) is 39.7 Å². The molecule has 0 spiro atoms. The van der Waals surface area contributed by atoms with Crippen molar-refractivity contribution in [1.29, 1.82) is 0 Å². The van der Waals surface area contributed by atoms with E-state index in [2.05, 4.69) is 40.2 Å². The second-order valence-corrected chi connectivity index (χ2v) is 13.4. The van der Waals surface area contributed by atoms with Gasteiger partial charge in [0, 0.05) is 19.8 Å². The third-order valence-corrected chi connectivity index (χ3v) is 9.93. The van der Waals surface area contributed by atoms with E-state index in [4.69, 9.17) is 18.1 Å². The number of hydrogen-bond acceptors (Lipinski definition) is 4. The molecule has 0 N–H and O–H groups in total. The molecule has 0 amide bonds. The Hall–Kier alpha value is -0.243. The zero-order chi connectivity index (χ0) is 26.3. The van der Waals surface area contributed by atoms with Crippen LogP contribution in [0.15, 0.2) is 12.3 Å². The van der Waals surface area contributed by atoms with Crippen molar-refractivity contribution in [3.05, 3.63) is 12.3 Å². The molecule has 0 aliphatic carbocycles. The van der Waals surface area contributed by atoms with E-state index in [1.165, 1.54) is 89.9 Å². The monoisotopic (exact) mass is 516 g/mol. The van der Waals surface area contributed by atoms with Crippen LogP contribution in [0.5, 0.6) is 0 Å². The molecule has 1 atom stereocenters. The van der Waals surface area contributed by atoms with Gasteiger partial charge in [0.2, 0.25) is 0 Å². The summed E-state index contributed by atoms with van der Waals surface area (Å²) in [5.41, 5.74) is 0.0824. The summed E-state index contributed by atoms with van der Waals surface area (Å²) >= 11 is 0. The summed E-state index contributed by atoms with van der Waals surface area (Å²) < 4.78 is 18.5. The summed E-state index contributed by atoms with van der Waals surface area (Å²) in [6, 6.07) is 0. The van der Waals surface area contributed by atoms with Crippen molar-refractivity contribution in [1.82, 2.24) is 0 Å². The Bertz CT molecular complexity index is 470. The molecule has 0 aliphatic heterocycles. The van der Waals surface area contributed by atoms with Gasteiger partial charge < -0.3 is 13.3 Å². The Labute approximate surface area is 220 Å². The average Bonchev–Trinajstić information content (AvgIpc) is 2.82. The number of allylic oxidation sites excluding steroid dienone is 1. The van der Waals surface area contributed by atoms with Crippen molar-refractivity contribution in [2.24, 2.45) is 0 Å². The number of quaternary nitrogens is 1. The fourth-order valence-electron chi connectivity index (χ4n) is 4.39. The first-order valence-corrected chi connectivity index (χ1v) is 16.7. The summed E-state index contributed by atoms with van der Waals surface area (Å²) in [4.78, 5) is 6.21. The summed E-state index contributed by atoms with van der Waals surface area (Å²) in [7, 11) is 1.40. The van der Waals surface area contributed by atoms with Crippen LogP contribution in [-0.4, -0.2) is 54.0 Å². The molecule has 0 aliphatic rings. The lowest BCUT2D eigenvalue weighted by molar-refractivity contribution is -1.04. The lowest BCUT2D eigenvalue weighted by Gasteiger charge is -2.34. The number of hydroxylamine groups is 3. The maximum Gasteiger partial charge on any atom is 0.506 e. The Balaban J connectivity index is 3.93. The molecule has 210 valence electrons. The number of unbranched alkanes of at least 4 members (excludes halogenated alkanes) is 14. The normalized spacial score (nSPS) is 13.7. The molecule has 0 heterocycles. The van der Waals surface area contributed by atoms with Gasteiger partial charge in [-0.3, -0.25) is 0 Å². The third kappa shape index (κ3) is 18.6. The number of rotatable bonds is 26. The lowest BCUT2D eigenvalue weighted by Crippen LogP contribution is -2.51. The molecule has 0 aromatic carbocycles. The van der Waals surface area contributed by atoms with Crippen LogP contribution < -0.4 is 0 Å². The predicted octanol–water partition coefficient (Wildman–Crippen LogP) is 8.82. The summed E-state index contributed by atoms with van der Waals surface area (Å²) in [6.07, 6.45) is 25.2. The highest BCUT2D eigenvalue weighted by atomic mass is 28.4.